The van der Waals surface area contributed by atoms with Crippen molar-refractivity contribution in [3.8, 4) is 5.75 Å². The molecule has 3 aromatic carbocycles. The second-order valence-corrected chi connectivity index (χ2v) is 10.3. The van der Waals surface area contributed by atoms with Gasteiger partial charge in [-0.15, -0.1) is 0 Å². The molecule has 5 rings (SSSR count). The highest BCUT2D eigenvalue weighted by Gasteiger charge is 2.42. The zero-order valence-electron chi connectivity index (χ0n) is 22.7. The van der Waals surface area contributed by atoms with Crippen LogP contribution in [0.5, 0.6) is 5.75 Å². The van der Waals surface area contributed by atoms with Crippen molar-refractivity contribution < 1.29 is 19.1 Å². The summed E-state index contributed by atoms with van der Waals surface area (Å²) in [6.07, 6.45) is 0.165. The number of amides is 1. The van der Waals surface area contributed by atoms with Gasteiger partial charge in [0.15, 0.2) is 5.17 Å². The summed E-state index contributed by atoms with van der Waals surface area (Å²) in [6.45, 7) is 2.53. The molecule has 0 radical (unpaired) electrons. The Bertz CT molecular complexity index is 1470. The number of hydrogen-bond donors (Lipinski definition) is 0. The van der Waals surface area contributed by atoms with Crippen molar-refractivity contribution >= 4 is 34.5 Å². The molecule has 0 spiro atoms. The van der Waals surface area contributed by atoms with E-state index in [2.05, 4.69) is 0 Å². The fourth-order valence-electron chi connectivity index (χ4n) is 4.83. The number of methoxy groups -OCH3 is 1. The molecule has 2 heterocycles. The number of rotatable bonds is 9. The number of fused-ring (bicyclic) bond motifs is 1. The maximum absolute atomic E-state index is 13.6. The van der Waals surface area contributed by atoms with Crippen molar-refractivity contribution in [2.75, 3.05) is 20.8 Å². The summed E-state index contributed by atoms with van der Waals surface area (Å²) >= 11 is 1.46. The van der Waals surface area contributed by atoms with Crippen LogP contribution in [0, 0.1) is 0 Å². The number of carbonyl (C=O) groups is 2. The van der Waals surface area contributed by atoms with Gasteiger partial charge in [0.1, 0.15) is 5.75 Å². The van der Waals surface area contributed by atoms with Gasteiger partial charge in [0.2, 0.25) is 5.91 Å². The van der Waals surface area contributed by atoms with Crippen LogP contribution in [-0.4, -0.2) is 47.6 Å². The minimum Gasteiger partial charge on any atom is -0.497 e. The van der Waals surface area contributed by atoms with Gasteiger partial charge in [-0.2, -0.15) is 0 Å². The summed E-state index contributed by atoms with van der Waals surface area (Å²) < 4.78 is 11.0. The molecule has 7 nitrogen and oxygen atoms in total. The SMILES string of the molecule is CCOC(=O)C1=C(c2ccccc2)N=C2SC=C(CC(=O)N(C)Cc3ccccc3)N2C1c1ccc(OC)cc1. The molecule has 0 fully saturated rings. The van der Waals surface area contributed by atoms with Crippen molar-refractivity contribution in [1.29, 1.82) is 0 Å². The summed E-state index contributed by atoms with van der Waals surface area (Å²) in [6, 6.07) is 26.6. The Morgan fingerprint density at radius 2 is 1.65 bits per heavy atom. The first kappa shape index (κ1) is 27.3. The van der Waals surface area contributed by atoms with E-state index in [1.165, 1.54) is 11.8 Å². The largest absolute Gasteiger partial charge is 0.497 e. The van der Waals surface area contributed by atoms with Gasteiger partial charge >= 0.3 is 5.97 Å². The van der Waals surface area contributed by atoms with E-state index >= 15 is 0 Å². The molecule has 0 aliphatic carbocycles. The number of benzene rings is 3. The number of amidine groups is 1. The van der Waals surface area contributed by atoms with Crippen LogP contribution in [0.4, 0.5) is 0 Å². The zero-order valence-corrected chi connectivity index (χ0v) is 23.6. The van der Waals surface area contributed by atoms with E-state index in [1.807, 2.05) is 102 Å². The molecule has 40 heavy (non-hydrogen) atoms. The van der Waals surface area contributed by atoms with Crippen molar-refractivity contribution in [2.24, 2.45) is 4.99 Å². The second kappa shape index (κ2) is 12.3. The predicted molar refractivity (Wildman–Crippen MR) is 158 cm³/mol. The average Bonchev–Trinajstić information content (AvgIpc) is 3.39. The van der Waals surface area contributed by atoms with Crippen molar-refractivity contribution in [1.82, 2.24) is 9.80 Å². The quantitative estimate of drug-likeness (QED) is 0.302. The van der Waals surface area contributed by atoms with Crippen LogP contribution in [0.3, 0.4) is 0 Å². The number of nitrogens with zero attached hydrogens (tertiary/aromatic N) is 3. The molecular weight excluding hydrogens is 522 g/mol. The summed E-state index contributed by atoms with van der Waals surface area (Å²) in [5.74, 6) is 0.248. The van der Waals surface area contributed by atoms with E-state index in [9.17, 15) is 9.59 Å². The molecule has 0 bridgehead atoms. The van der Waals surface area contributed by atoms with Gasteiger partial charge in [0, 0.05) is 24.9 Å². The Balaban J connectivity index is 1.54. The standard InChI is InChI=1S/C32H31N3O4S/c1-4-39-31(37)28-29(23-13-9-6-10-14-23)33-32-35(30(28)24-15-17-26(38-3)18-16-24)25(21-40-32)19-27(36)34(2)20-22-11-7-5-8-12-22/h5-18,21,30H,4,19-20H2,1-3H3. The van der Waals surface area contributed by atoms with E-state index in [1.54, 1.807) is 18.9 Å². The third kappa shape index (κ3) is 5.67. The number of aliphatic imine (C=N–C) groups is 1. The summed E-state index contributed by atoms with van der Waals surface area (Å²) in [5.41, 5.74) is 4.53. The van der Waals surface area contributed by atoms with Gasteiger partial charge in [0.05, 0.1) is 37.4 Å². The van der Waals surface area contributed by atoms with E-state index < -0.39 is 12.0 Å². The normalized spacial score (nSPS) is 16.2. The molecule has 1 unspecified atom stereocenters. The number of carbonyl (C=O) groups excluding carboxylic acids is 2. The van der Waals surface area contributed by atoms with Crippen molar-refractivity contribution in [3.05, 3.63) is 118 Å². The Morgan fingerprint density at radius 3 is 2.30 bits per heavy atom. The van der Waals surface area contributed by atoms with Crippen LogP contribution in [0.2, 0.25) is 0 Å². The van der Waals surface area contributed by atoms with Gasteiger partial charge in [-0.3, -0.25) is 4.79 Å². The molecule has 8 heteroatoms. The molecule has 1 amide bonds. The molecule has 1 atom stereocenters. The number of thioether (sulfide) groups is 1. The van der Waals surface area contributed by atoms with E-state index in [4.69, 9.17) is 14.5 Å². The first-order valence-electron chi connectivity index (χ1n) is 13.1. The van der Waals surface area contributed by atoms with Gasteiger partial charge in [-0.25, -0.2) is 9.79 Å². The van der Waals surface area contributed by atoms with E-state index in [-0.39, 0.29) is 18.9 Å². The molecule has 0 saturated carbocycles. The summed E-state index contributed by atoms with van der Waals surface area (Å²) in [5, 5.41) is 2.67. The Labute approximate surface area is 238 Å². The monoisotopic (exact) mass is 553 g/mol. The fourth-order valence-corrected chi connectivity index (χ4v) is 5.74. The fraction of sp³-hybridized carbons (Fsp3) is 0.219. The van der Waals surface area contributed by atoms with Crippen molar-refractivity contribution in [2.45, 2.75) is 25.9 Å². The molecule has 0 N–H and O–H groups in total. The van der Waals surface area contributed by atoms with Crippen LogP contribution in [-0.2, 0) is 20.9 Å². The van der Waals surface area contributed by atoms with Crippen molar-refractivity contribution in [3.63, 3.8) is 0 Å². The molecule has 0 saturated heterocycles. The lowest BCUT2D eigenvalue weighted by Gasteiger charge is -2.37. The molecule has 2 aliphatic heterocycles. The lowest BCUT2D eigenvalue weighted by molar-refractivity contribution is -0.139. The third-order valence-corrected chi connectivity index (χ3v) is 7.69. The molecule has 204 valence electrons. The topological polar surface area (TPSA) is 71.4 Å². The maximum atomic E-state index is 13.6. The lowest BCUT2D eigenvalue weighted by Crippen LogP contribution is -2.38. The zero-order chi connectivity index (χ0) is 28.1. The van der Waals surface area contributed by atoms with Crippen LogP contribution < -0.4 is 4.74 Å². The number of esters is 1. The van der Waals surface area contributed by atoms with E-state index in [0.29, 0.717) is 28.7 Å². The summed E-state index contributed by atoms with van der Waals surface area (Å²) in [7, 11) is 3.43. The first-order chi connectivity index (χ1) is 19.5. The number of ether oxygens (including phenoxy) is 2. The highest BCUT2D eigenvalue weighted by molar-refractivity contribution is 8.16. The molecule has 2 aliphatic rings. The average molecular weight is 554 g/mol. The van der Waals surface area contributed by atoms with Gasteiger partial charge in [-0.05, 0) is 35.6 Å². The van der Waals surface area contributed by atoms with Crippen LogP contribution in [0.15, 0.2) is 107 Å². The maximum Gasteiger partial charge on any atom is 0.338 e. The minimum absolute atomic E-state index is 0.0269. The van der Waals surface area contributed by atoms with Crippen LogP contribution in [0.25, 0.3) is 5.70 Å². The molecular formula is C32H31N3O4S. The number of hydrogen-bond acceptors (Lipinski definition) is 7. The smallest absolute Gasteiger partial charge is 0.338 e. The second-order valence-electron chi connectivity index (χ2n) is 9.43. The van der Waals surface area contributed by atoms with Gasteiger partial charge in [0.25, 0.3) is 0 Å². The van der Waals surface area contributed by atoms with Gasteiger partial charge in [-0.1, -0.05) is 84.6 Å². The predicted octanol–water partition coefficient (Wildman–Crippen LogP) is 6.02. The third-order valence-electron chi connectivity index (χ3n) is 6.80. The Hall–Kier alpha value is -4.30. The van der Waals surface area contributed by atoms with Crippen LogP contribution >= 0.6 is 11.8 Å². The molecule has 0 aromatic heterocycles. The minimum atomic E-state index is -0.541. The molecule has 3 aromatic rings. The van der Waals surface area contributed by atoms with Crippen LogP contribution in [0.1, 0.15) is 36.1 Å². The lowest BCUT2D eigenvalue weighted by atomic mass is 9.91. The first-order valence-corrected chi connectivity index (χ1v) is 14.0. The Kier molecular flexibility index (Phi) is 8.36. The van der Waals surface area contributed by atoms with Gasteiger partial charge < -0.3 is 19.3 Å². The van der Waals surface area contributed by atoms with E-state index in [0.717, 1.165) is 22.4 Å². The highest BCUT2D eigenvalue weighted by atomic mass is 32.2. The summed E-state index contributed by atoms with van der Waals surface area (Å²) in [4.78, 5) is 35.7. The Morgan fingerprint density at radius 1 is 0.975 bits per heavy atom. The highest BCUT2D eigenvalue weighted by Crippen LogP contribution is 2.47.